The van der Waals surface area contributed by atoms with E-state index in [1.807, 2.05) is 12.1 Å². The van der Waals surface area contributed by atoms with Gasteiger partial charge in [0.2, 0.25) is 5.88 Å². The molecule has 0 saturated heterocycles. The van der Waals surface area contributed by atoms with E-state index in [2.05, 4.69) is 61.8 Å². The van der Waals surface area contributed by atoms with Crippen LogP contribution in [0, 0.1) is 0 Å². The largest absolute Gasteiger partial charge is 0.476 e. The van der Waals surface area contributed by atoms with Gasteiger partial charge in [0, 0.05) is 16.6 Å². The zero-order chi connectivity index (χ0) is 13.5. The molecule has 3 aromatic rings. The van der Waals surface area contributed by atoms with Gasteiger partial charge in [-0.2, -0.15) is 4.98 Å². The first-order valence-corrected chi connectivity index (χ1v) is 7.47. The van der Waals surface area contributed by atoms with Crippen LogP contribution in [-0.4, -0.2) is 16.0 Å². The number of rotatable bonds is 1. The summed E-state index contributed by atoms with van der Waals surface area (Å²) in [5.41, 5.74) is 3.40. The molecule has 0 spiro atoms. The van der Waals surface area contributed by atoms with E-state index in [0.717, 1.165) is 34.7 Å². The summed E-state index contributed by atoms with van der Waals surface area (Å²) in [6, 6.07) is 14.6. The third-order valence-corrected chi connectivity index (χ3v) is 4.23. The average Bonchev–Trinajstić information content (AvgIpc) is 2.86. The molecule has 4 heteroatoms. The van der Waals surface area contributed by atoms with Crippen LogP contribution in [0.3, 0.4) is 0 Å². The minimum atomic E-state index is 0.337. The Labute approximate surface area is 125 Å². The second-order valence-electron chi connectivity index (χ2n) is 4.98. The van der Waals surface area contributed by atoms with Crippen molar-refractivity contribution in [1.29, 1.82) is 0 Å². The first-order chi connectivity index (χ1) is 9.83. The maximum absolute atomic E-state index is 5.75. The zero-order valence-electron chi connectivity index (χ0n) is 10.8. The molecule has 0 saturated carbocycles. The van der Waals surface area contributed by atoms with E-state index in [0.29, 0.717) is 5.92 Å². The highest BCUT2D eigenvalue weighted by Crippen LogP contribution is 2.38. The van der Waals surface area contributed by atoms with Gasteiger partial charge >= 0.3 is 0 Å². The number of benzene rings is 1. The maximum atomic E-state index is 5.75. The Bertz CT molecular complexity index is 767. The standard InChI is InChI=1S/C16H13BrN2O/c17-12-6-7-14-18-16-15(19(14)10-12)13(8-9-20-16)11-4-2-1-3-5-11/h1-7,10,13H,8-9H2. The number of hydrogen-bond acceptors (Lipinski definition) is 2. The SMILES string of the molecule is Brc1ccc2nc3c(n2c1)C(c1ccccc1)CCO3. The van der Waals surface area contributed by atoms with Crippen molar-refractivity contribution in [2.75, 3.05) is 6.61 Å². The summed E-state index contributed by atoms with van der Waals surface area (Å²) in [6.45, 7) is 0.720. The second kappa shape index (κ2) is 4.63. The van der Waals surface area contributed by atoms with E-state index >= 15 is 0 Å². The van der Waals surface area contributed by atoms with Gasteiger partial charge in [0.1, 0.15) is 5.65 Å². The van der Waals surface area contributed by atoms with E-state index in [1.54, 1.807) is 0 Å². The van der Waals surface area contributed by atoms with E-state index in [-0.39, 0.29) is 0 Å². The fourth-order valence-electron chi connectivity index (χ4n) is 2.86. The lowest BCUT2D eigenvalue weighted by Crippen LogP contribution is -2.16. The van der Waals surface area contributed by atoms with Gasteiger partial charge in [0.25, 0.3) is 0 Å². The minimum Gasteiger partial charge on any atom is -0.476 e. The summed E-state index contributed by atoms with van der Waals surface area (Å²) in [4.78, 5) is 4.59. The van der Waals surface area contributed by atoms with Crippen molar-refractivity contribution in [1.82, 2.24) is 9.38 Å². The first-order valence-electron chi connectivity index (χ1n) is 6.68. The van der Waals surface area contributed by atoms with Gasteiger partial charge in [0.05, 0.1) is 12.3 Å². The number of halogens is 1. The number of imidazole rings is 1. The molecule has 3 nitrogen and oxygen atoms in total. The van der Waals surface area contributed by atoms with E-state index in [1.165, 1.54) is 5.56 Å². The summed E-state index contributed by atoms with van der Waals surface area (Å²) in [5.74, 6) is 1.10. The quantitative estimate of drug-likeness (QED) is 0.674. The number of hydrogen-bond donors (Lipinski definition) is 0. The van der Waals surface area contributed by atoms with Crippen LogP contribution in [0.25, 0.3) is 5.65 Å². The maximum Gasteiger partial charge on any atom is 0.236 e. The lowest BCUT2D eigenvalue weighted by Gasteiger charge is -2.23. The minimum absolute atomic E-state index is 0.337. The molecule has 1 atom stereocenters. The third-order valence-electron chi connectivity index (χ3n) is 3.76. The molecular weight excluding hydrogens is 316 g/mol. The number of fused-ring (bicyclic) bond motifs is 3. The number of nitrogens with zero attached hydrogens (tertiary/aromatic N) is 2. The lowest BCUT2D eigenvalue weighted by atomic mass is 9.91. The molecule has 1 aliphatic rings. The topological polar surface area (TPSA) is 26.5 Å². The average molecular weight is 329 g/mol. The van der Waals surface area contributed by atoms with Gasteiger partial charge in [-0.05, 0) is 40.0 Å². The zero-order valence-corrected chi connectivity index (χ0v) is 12.4. The molecule has 0 amide bonds. The fraction of sp³-hybridized carbons (Fsp3) is 0.188. The van der Waals surface area contributed by atoms with Crippen molar-refractivity contribution < 1.29 is 4.74 Å². The van der Waals surface area contributed by atoms with Crippen LogP contribution in [0.4, 0.5) is 0 Å². The van der Waals surface area contributed by atoms with Gasteiger partial charge < -0.3 is 4.74 Å². The Morgan fingerprint density at radius 2 is 2.00 bits per heavy atom. The number of ether oxygens (including phenoxy) is 1. The first kappa shape index (κ1) is 12.0. The van der Waals surface area contributed by atoms with Crippen molar-refractivity contribution in [3.05, 3.63) is 64.4 Å². The second-order valence-corrected chi connectivity index (χ2v) is 5.89. The smallest absolute Gasteiger partial charge is 0.236 e. The van der Waals surface area contributed by atoms with Crippen LogP contribution in [-0.2, 0) is 0 Å². The van der Waals surface area contributed by atoms with E-state index in [9.17, 15) is 0 Å². The van der Waals surface area contributed by atoms with Crippen molar-refractivity contribution in [2.24, 2.45) is 0 Å². The Hall–Kier alpha value is -1.81. The normalized spacial score (nSPS) is 17.8. The molecular formula is C16H13BrN2O. The molecule has 20 heavy (non-hydrogen) atoms. The van der Waals surface area contributed by atoms with Crippen molar-refractivity contribution in [2.45, 2.75) is 12.3 Å². The van der Waals surface area contributed by atoms with Crippen LogP contribution < -0.4 is 4.74 Å². The Morgan fingerprint density at radius 3 is 2.85 bits per heavy atom. The molecule has 100 valence electrons. The molecule has 1 aliphatic heterocycles. The van der Waals surface area contributed by atoms with Gasteiger partial charge in [-0.3, -0.25) is 4.40 Å². The molecule has 4 rings (SSSR count). The molecule has 2 aromatic heterocycles. The Balaban J connectivity index is 1.95. The number of aromatic nitrogens is 2. The van der Waals surface area contributed by atoms with Crippen LogP contribution in [0.15, 0.2) is 53.1 Å². The summed E-state index contributed by atoms with van der Waals surface area (Å²) in [6.07, 6.45) is 3.04. The van der Waals surface area contributed by atoms with Gasteiger partial charge in [-0.1, -0.05) is 30.3 Å². The van der Waals surface area contributed by atoms with E-state index in [4.69, 9.17) is 4.74 Å². The molecule has 0 radical (unpaired) electrons. The monoisotopic (exact) mass is 328 g/mol. The lowest BCUT2D eigenvalue weighted by molar-refractivity contribution is 0.265. The molecule has 1 unspecified atom stereocenters. The Morgan fingerprint density at radius 1 is 1.15 bits per heavy atom. The highest BCUT2D eigenvalue weighted by Gasteiger charge is 2.28. The molecule has 3 heterocycles. The van der Waals surface area contributed by atoms with Gasteiger partial charge in [-0.25, -0.2) is 0 Å². The Kier molecular flexibility index (Phi) is 2.77. The summed E-state index contributed by atoms with van der Waals surface area (Å²) in [7, 11) is 0. The fourth-order valence-corrected chi connectivity index (χ4v) is 3.20. The van der Waals surface area contributed by atoms with Crippen molar-refractivity contribution in [3.8, 4) is 5.88 Å². The highest BCUT2D eigenvalue weighted by atomic mass is 79.9. The van der Waals surface area contributed by atoms with E-state index < -0.39 is 0 Å². The van der Waals surface area contributed by atoms with Crippen molar-refractivity contribution >= 4 is 21.6 Å². The highest BCUT2D eigenvalue weighted by molar-refractivity contribution is 9.10. The molecule has 1 aromatic carbocycles. The molecule has 0 fully saturated rings. The van der Waals surface area contributed by atoms with Crippen molar-refractivity contribution in [3.63, 3.8) is 0 Å². The van der Waals surface area contributed by atoms with Gasteiger partial charge in [-0.15, -0.1) is 0 Å². The number of pyridine rings is 1. The third kappa shape index (κ3) is 1.83. The summed E-state index contributed by atoms with van der Waals surface area (Å²) < 4.78 is 8.93. The predicted molar refractivity (Wildman–Crippen MR) is 81.3 cm³/mol. The predicted octanol–water partition coefficient (Wildman–Crippen LogP) is 4.01. The summed E-state index contributed by atoms with van der Waals surface area (Å²) in [5, 5.41) is 0. The molecule has 0 N–H and O–H groups in total. The summed E-state index contributed by atoms with van der Waals surface area (Å²) >= 11 is 3.53. The van der Waals surface area contributed by atoms with Crippen LogP contribution in [0.5, 0.6) is 5.88 Å². The van der Waals surface area contributed by atoms with Gasteiger partial charge in [0.15, 0.2) is 0 Å². The molecule has 0 aliphatic carbocycles. The van der Waals surface area contributed by atoms with Crippen LogP contribution in [0.2, 0.25) is 0 Å². The van der Waals surface area contributed by atoms with Crippen LogP contribution >= 0.6 is 15.9 Å². The molecule has 0 bridgehead atoms. The van der Waals surface area contributed by atoms with Crippen LogP contribution in [0.1, 0.15) is 23.6 Å².